The highest BCUT2D eigenvalue weighted by atomic mass is 16.6. The summed E-state index contributed by atoms with van der Waals surface area (Å²) in [6.07, 6.45) is 2.70. The van der Waals surface area contributed by atoms with E-state index in [0.29, 0.717) is 51.6 Å². The van der Waals surface area contributed by atoms with Crippen LogP contribution in [0.1, 0.15) is 78.7 Å². The summed E-state index contributed by atoms with van der Waals surface area (Å²) in [4.78, 5) is 66.1. The predicted octanol–water partition coefficient (Wildman–Crippen LogP) is 1.74. The highest BCUT2D eigenvalue weighted by Gasteiger charge is 2.64. The molecule has 5 atom stereocenters. The van der Waals surface area contributed by atoms with Gasteiger partial charge in [-0.1, -0.05) is 44.2 Å². The molecule has 0 spiro atoms. The number of likely N-dealkylation sites (tertiary alicyclic amines) is 1. The summed E-state index contributed by atoms with van der Waals surface area (Å²) in [5.74, 6) is -1.77. The van der Waals surface area contributed by atoms with E-state index in [1.54, 1.807) is 20.8 Å². The minimum Gasteiger partial charge on any atom is -0.444 e. The molecule has 1 unspecified atom stereocenters. The topological polar surface area (TPSA) is 186 Å². The minimum atomic E-state index is -1.12. The van der Waals surface area contributed by atoms with Gasteiger partial charge in [0.15, 0.2) is 0 Å². The average Bonchev–Trinajstić information content (AvgIpc) is 3.46. The van der Waals surface area contributed by atoms with Crippen molar-refractivity contribution < 1.29 is 28.7 Å². The molecule has 12 heteroatoms. The van der Waals surface area contributed by atoms with Crippen LogP contribution in [0.3, 0.4) is 0 Å². The molecule has 1 aromatic carbocycles. The second-order valence-corrected chi connectivity index (χ2v) is 13.4. The van der Waals surface area contributed by atoms with Crippen LogP contribution in [0.4, 0.5) is 4.79 Å². The van der Waals surface area contributed by atoms with Crippen LogP contribution in [0.15, 0.2) is 30.3 Å². The third kappa shape index (κ3) is 9.41. The monoisotopic (exact) mass is 614 g/mol. The van der Waals surface area contributed by atoms with E-state index in [1.165, 1.54) is 4.90 Å². The molecule has 244 valence electrons. The summed E-state index contributed by atoms with van der Waals surface area (Å²) in [6.45, 7) is 10.0. The van der Waals surface area contributed by atoms with Crippen LogP contribution in [0, 0.1) is 11.8 Å². The third-order valence-electron chi connectivity index (χ3n) is 8.25. The smallest absolute Gasteiger partial charge is 0.407 e. The quantitative estimate of drug-likeness (QED) is 0.198. The zero-order valence-electron chi connectivity index (χ0n) is 26.7. The Balaban J connectivity index is 1.59. The highest BCUT2D eigenvalue weighted by molar-refractivity contribution is 5.99. The fourth-order valence-corrected chi connectivity index (χ4v) is 5.88. The molecule has 7 N–H and O–H groups in total. The SMILES string of the molecule is CC(C)[C@@H]1CC1(NC(=O)[C@@H](N)Cc1ccccc1)C(=O)N1CCC[C@H]1C(=O)N[C@@H](CCCCNC(=O)OC(C)(C)C)C(N)=O. The molecule has 1 aliphatic carbocycles. The molecule has 3 rings (SSSR count). The lowest BCUT2D eigenvalue weighted by atomic mass is 10.0. The Morgan fingerprint density at radius 1 is 1.09 bits per heavy atom. The molecular formula is C32H50N6O6. The van der Waals surface area contributed by atoms with Gasteiger partial charge in [-0.05, 0) is 83.1 Å². The lowest BCUT2D eigenvalue weighted by molar-refractivity contribution is -0.143. The van der Waals surface area contributed by atoms with Crippen molar-refractivity contribution in [1.29, 1.82) is 0 Å². The number of carbonyl (C=O) groups excluding carboxylic acids is 5. The van der Waals surface area contributed by atoms with Gasteiger partial charge in [0.05, 0.1) is 6.04 Å². The van der Waals surface area contributed by atoms with E-state index in [2.05, 4.69) is 16.0 Å². The number of rotatable bonds is 14. The number of amides is 5. The number of carbonyl (C=O) groups is 5. The molecule has 5 amide bonds. The van der Waals surface area contributed by atoms with E-state index in [-0.39, 0.29) is 24.2 Å². The molecule has 0 aromatic heterocycles. The van der Waals surface area contributed by atoms with Gasteiger partial charge < -0.3 is 37.1 Å². The Morgan fingerprint density at radius 3 is 2.36 bits per heavy atom. The van der Waals surface area contributed by atoms with Gasteiger partial charge in [-0.25, -0.2) is 4.79 Å². The number of hydrogen-bond acceptors (Lipinski definition) is 7. The van der Waals surface area contributed by atoms with Crippen LogP contribution in [-0.2, 0) is 30.3 Å². The maximum atomic E-state index is 14.0. The van der Waals surface area contributed by atoms with Crippen molar-refractivity contribution in [3.63, 3.8) is 0 Å². The number of nitrogens with zero attached hydrogens (tertiary/aromatic N) is 1. The molecule has 1 heterocycles. The number of unbranched alkanes of at least 4 members (excludes halogenated alkanes) is 1. The van der Waals surface area contributed by atoms with E-state index >= 15 is 0 Å². The van der Waals surface area contributed by atoms with Gasteiger partial charge in [-0.15, -0.1) is 0 Å². The van der Waals surface area contributed by atoms with Gasteiger partial charge in [0, 0.05) is 13.1 Å². The predicted molar refractivity (Wildman–Crippen MR) is 166 cm³/mol. The molecule has 1 aliphatic heterocycles. The molecule has 2 fully saturated rings. The number of nitrogens with one attached hydrogen (secondary N) is 3. The van der Waals surface area contributed by atoms with Gasteiger partial charge in [0.1, 0.15) is 23.2 Å². The first-order valence-corrected chi connectivity index (χ1v) is 15.6. The van der Waals surface area contributed by atoms with Crippen LogP contribution >= 0.6 is 0 Å². The summed E-state index contributed by atoms with van der Waals surface area (Å²) in [5, 5.41) is 8.38. The fraction of sp³-hybridized carbons (Fsp3) is 0.656. The second kappa shape index (κ2) is 14.9. The maximum absolute atomic E-state index is 14.0. The van der Waals surface area contributed by atoms with Crippen molar-refractivity contribution in [3.8, 4) is 0 Å². The fourth-order valence-electron chi connectivity index (χ4n) is 5.88. The van der Waals surface area contributed by atoms with Crippen LogP contribution in [0.2, 0.25) is 0 Å². The third-order valence-corrected chi connectivity index (χ3v) is 8.25. The standard InChI is InChI=1S/C32H50N6O6/c1-20(2)22-19-32(22,37-27(40)23(33)18-21-12-7-6-8-13-21)29(42)38-17-11-15-25(38)28(41)36-24(26(34)39)14-9-10-16-35-30(43)44-31(3,4)5/h6-8,12-13,20,22-25H,9-11,14-19,33H2,1-5H3,(H2,34,39)(H,35,43)(H,36,41)(H,37,40)/t22-,23-,24-,25-,32?/m0/s1. The Hall–Kier alpha value is -3.67. The van der Waals surface area contributed by atoms with Crippen molar-refractivity contribution in [2.24, 2.45) is 23.3 Å². The van der Waals surface area contributed by atoms with Crippen molar-refractivity contribution in [3.05, 3.63) is 35.9 Å². The number of primary amides is 1. The summed E-state index contributed by atoms with van der Waals surface area (Å²) in [6, 6.07) is 6.92. The molecule has 1 saturated carbocycles. The largest absolute Gasteiger partial charge is 0.444 e. The Morgan fingerprint density at radius 2 is 1.77 bits per heavy atom. The Kier molecular flexibility index (Phi) is 11.8. The molecule has 1 aromatic rings. The molecule has 0 radical (unpaired) electrons. The van der Waals surface area contributed by atoms with Crippen molar-refractivity contribution in [2.45, 2.75) is 109 Å². The van der Waals surface area contributed by atoms with Gasteiger partial charge in [0.2, 0.25) is 23.6 Å². The highest BCUT2D eigenvalue weighted by Crippen LogP contribution is 2.50. The zero-order valence-corrected chi connectivity index (χ0v) is 26.7. The van der Waals surface area contributed by atoms with Crippen molar-refractivity contribution >= 4 is 29.7 Å². The zero-order chi connectivity index (χ0) is 32.7. The molecule has 2 aliphatic rings. The molecule has 12 nitrogen and oxygen atoms in total. The van der Waals surface area contributed by atoms with Gasteiger partial charge in [-0.2, -0.15) is 0 Å². The average molecular weight is 615 g/mol. The minimum absolute atomic E-state index is 0.0835. The van der Waals surface area contributed by atoms with E-state index in [0.717, 1.165) is 5.56 Å². The summed E-state index contributed by atoms with van der Waals surface area (Å²) in [7, 11) is 0. The van der Waals surface area contributed by atoms with Gasteiger partial charge in [0.25, 0.3) is 0 Å². The summed E-state index contributed by atoms with van der Waals surface area (Å²) >= 11 is 0. The van der Waals surface area contributed by atoms with Crippen molar-refractivity contribution in [2.75, 3.05) is 13.1 Å². The summed E-state index contributed by atoms with van der Waals surface area (Å²) < 4.78 is 5.20. The normalized spacial score (nSPS) is 22.6. The number of ether oxygens (including phenoxy) is 1. The number of hydrogen-bond donors (Lipinski definition) is 5. The van der Waals surface area contributed by atoms with E-state index in [1.807, 2.05) is 44.2 Å². The van der Waals surface area contributed by atoms with E-state index < -0.39 is 53.1 Å². The Labute approximate surface area is 260 Å². The second-order valence-electron chi connectivity index (χ2n) is 13.4. The van der Waals surface area contributed by atoms with Crippen LogP contribution in [0.5, 0.6) is 0 Å². The van der Waals surface area contributed by atoms with Gasteiger partial charge in [-0.3, -0.25) is 19.2 Å². The first-order valence-electron chi connectivity index (χ1n) is 15.6. The first-order chi connectivity index (χ1) is 20.6. The van der Waals surface area contributed by atoms with Crippen LogP contribution < -0.4 is 27.4 Å². The number of benzene rings is 1. The van der Waals surface area contributed by atoms with Gasteiger partial charge >= 0.3 is 6.09 Å². The lowest BCUT2D eigenvalue weighted by Gasteiger charge is -2.31. The van der Waals surface area contributed by atoms with E-state index in [4.69, 9.17) is 16.2 Å². The lowest BCUT2D eigenvalue weighted by Crippen LogP contribution is -2.59. The molecule has 44 heavy (non-hydrogen) atoms. The van der Waals surface area contributed by atoms with Crippen LogP contribution in [0.25, 0.3) is 0 Å². The Bertz CT molecular complexity index is 1190. The molecule has 1 saturated heterocycles. The molecule has 0 bridgehead atoms. The van der Waals surface area contributed by atoms with Crippen molar-refractivity contribution in [1.82, 2.24) is 20.9 Å². The maximum Gasteiger partial charge on any atom is 0.407 e. The number of nitrogens with two attached hydrogens (primary N) is 2. The number of alkyl carbamates (subject to hydrolysis) is 1. The summed E-state index contributed by atoms with van der Waals surface area (Å²) in [5.41, 5.74) is 11.0. The molecular weight excluding hydrogens is 564 g/mol. The van der Waals surface area contributed by atoms with Crippen LogP contribution in [-0.4, -0.2) is 77.0 Å². The van der Waals surface area contributed by atoms with E-state index in [9.17, 15) is 24.0 Å². The first kappa shape index (κ1) is 34.8.